The van der Waals surface area contributed by atoms with Gasteiger partial charge in [-0.15, -0.1) is 0 Å². The number of aryl methyl sites for hydroxylation is 1. The molecular formula is C16H14N2O4. The van der Waals surface area contributed by atoms with Crippen molar-refractivity contribution < 1.29 is 18.5 Å². The van der Waals surface area contributed by atoms with Gasteiger partial charge in [0.1, 0.15) is 17.1 Å². The maximum Gasteiger partial charge on any atom is 0.261 e. The number of carbonyl (C=O) groups is 1. The van der Waals surface area contributed by atoms with Crippen LogP contribution in [0.25, 0.3) is 11.5 Å². The number of carbonyl (C=O) groups excluding carboxylic acids is 1. The number of furan rings is 1. The van der Waals surface area contributed by atoms with Crippen molar-refractivity contribution in [2.24, 2.45) is 0 Å². The van der Waals surface area contributed by atoms with Crippen LogP contribution in [0.15, 0.2) is 51.6 Å². The number of rotatable bonds is 4. The fourth-order valence-corrected chi connectivity index (χ4v) is 2.09. The molecule has 0 radical (unpaired) electrons. The summed E-state index contributed by atoms with van der Waals surface area (Å²) in [6.45, 7) is 1.68. The third-order valence-corrected chi connectivity index (χ3v) is 3.19. The lowest BCUT2D eigenvalue weighted by Crippen LogP contribution is -2.13. The first-order valence-electron chi connectivity index (χ1n) is 6.64. The van der Waals surface area contributed by atoms with Crippen molar-refractivity contribution in [1.29, 1.82) is 0 Å². The van der Waals surface area contributed by atoms with E-state index in [1.54, 1.807) is 50.4 Å². The van der Waals surface area contributed by atoms with E-state index in [9.17, 15) is 4.79 Å². The molecule has 1 N–H and O–H groups in total. The van der Waals surface area contributed by atoms with Gasteiger partial charge in [0.05, 0.1) is 13.4 Å². The molecule has 0 aliphatic heterocycles. The Balaban J connectivity index is 1.87. The van der Waals surface area contributed by atoms with E-state index in [0.29, 0.717) is 28.5 Å². The Morgan fingerprint density at radius 3 is 2.64 bits per heavy atom. The van der Waals surface area contributed by atoms with Crippen molar-refractivity contribution in [3.63, 3.8) is 0 Å². The Labute approximate surface area is 126 Å². The number of aromatic nitrogens is 1. The zero-order valence-corrected chi connectivity index (χ0v) is 12.1. The summed E-state index contributed by atoms with van der Waals surface area (Å²) in [5.41, 5.74) is 1.39. The number of nitrogens with one attached hydrogen (secondary N) is 1. The van der Waals surface area contributed by atoms with E-state index in [2.05, 4.69) is 10.5 Å². The van der Waals surface area contributed by atoms with Crippen molar-refractivity contribution in [2.75, 3.05) is 12.4 Å². The van der Waals surface area contributed by atoms with Crippen LogP contribution in [0.1, 0.15) is 16.1 Å². The van der Waals surface area contributed by atoms with Crippen LogP contribution in [-0.2, 0) is 0 Å². The van der Waals surface area contributed by atoms with Gasteiger partial charge in [-0.25, -0.2) is 0 Å². The molecule has 0 bridgehead atoms. The molecular weight excluding hydrogens is 284 g/mol. The molecule has 2 aromatic heterocycles. The average molecular weight is 298 g/mol. The molecule has 0 aliphatic carbocycles. The molecule has 0 saturated carbocycles. The standard InChI is InChI=1S/C16H14N2O4/c1-10-14(15(18-22-10)13-4-3-9-21-13)16(19)17-11-5-7-12(20-2)8-6-11/h3-9H,1-2H3,(H,17,19). The van der Waals surface area contributed by atoms with E-state index in [1.807, 2.05) is 0 Å². The first kappa shape index (κ1) is 13.9. The third-order valence-electron chi connectivity index (χ3n) is 3.19. The zero-order valence-electron chi connectivity index (χ0n) is 12.1. The minimum absolute atomic E-state index is 0.310. The van der Waals surface area contributed by atoms with E-state index in [1.165, 1.54) is 6.26 Å². The van der Waals surface area contributed by atoms with E-state index < -0.39 is 0 Å². The third kappa shape index (κ3) is 2.58. The van der Waals surface area contributed by atoms with Crippen molar-refractivity contribution in [2.45, 2.75) is 6.92 Å². The lowest BCUT2D eigenvalue weighted by atomic mass is 10.1. The molecule has 6 nitrogen and oxygen atoms in total. The number of ether oxygens (including phenoxy) is 1. The van der Waals surface area contributed by atoms with Crippen LogP contribution in [0.4, 0.5) is 5.69 Å². The maximum absolute atomic E-state index is 12.5. The molecule has 3 aromatic rings. The molecule has 0 saturated heterocycles. The van der Waals surface area contributed by atoms with Crippen LogP contribution in [0.5, 0.6) is 5.75 Å². The van der Waals surface area contributed by atoms with E-state index in [-0.39, 0.29) is 5.91 Å². The first-order valence-corrected chi connectivity index (χ1v) is 6.64. The maximum atomic E-state index is 12.5. The van der Waals surface area contributed by atoms with Gasteiger partial charge in [0.15, 0.2) is 11.5 Å². The van der Waals surface area contributed by atoms with Crippen molar-refractivity contribution >= 4 is 11.6 Å². The Morgan fingerprint density at radius 2 is 2.00 bits per heavy atom. The second-order valence-electron chi connectivity index (χ2n) is 4.62. The molecule has 0 unspecified atom stereocenters. The number of nitrogens with zero attached hydrogens (tertiary/aromatic N) is 1. The van der Waals surface area contributed by atoms with Gasteiger partial charge in [0.25, 0.3) is 5.91 Å². The largest absolute Gasteiger partial charge is 0.497 e. The molecule has 0 aliphatic rings. The minimum atomic E-state index is -0.310. The summed E-state index contributed by atoms with van der Waals surface area (Å²) in [6, 6.07) is 10.5. The Kier molecular flexibility index (Phi) is 3.65. The van der Waals surface area contributed by atoms with E-state index in [4.69, 9.17) is 13.7 Å². The molecule has 3 rings (SSSR count). The predicted octanol–water partition coefficient (Wildman–Crippen LogP) is 3.50. The monoisotopic (exact) mass is 298 g/mol. The van der Waals surface area contributed by atoms with Gasteiger partial charge in [-0.3, -0.25) is 4.79 Å². The molecule has 0 spiro atoms. The fraction of sp³-hybridized carbons (Fsp3) is 0.125. The highest BCUT2D eigenvalue weighted by molar-refractivity contribution is 6.08. The molecule has 0 atom stereocenters. The van der Waals surface area contributed by atoms with Crippen LogP contribution >= 0.6 is 0 Å². The lowest BCUT2D eigenvalue weighted by molar-refractivity contribution is 0.102. The number of hydrogen-bond acceptors (Lipinski definition) is 5. The van der Waals surface area contributed by atoms with Crippen molar-refractivity contribution in [1.82, 2.24) is 5.16 Å². The average Bonchev–Trinajstić information content (AvgIpc) is 3.17. The summed E-state index contributed by atoms with van der Waals surface area (Å²) >= 11 is 0. The van der Waals surface area contributed by atoms with Crippen molar-refractivity contribution in [3.05, 3.63) is 54.0 Å². The smallest absolute Gasteiger partial charge is 0.261 e. The van der Waals surface area contributed by atoms with Gasteiger partial charge in [-0.05, 0) is 43.3 Å². The quantitative estimate of drug-likeness (QED) is 0.797. The molecule has 1 amide bonds. The van der Waals surface area contributed by atoms with Crippen LogP contribution < -0.4 is 10.1 Å². The number of benzene rings is 1. The normalized spacial score (nSPS) is 10.5. The predicted molar refractivity (Wildman–Crippen MR) is 79.9 cm³/mol. The molecule has 0 fully saturated rings. The highest BCUT2D eigenvalue weighted by atomic mass is 16.5. The van der Waals surface area contributed by atoms with Gasteiger partial charge in [-0.2, -0.15) is 0 Å². The summed E-state index contributed by atoms with van der Waals surface area (Å²) in [6.07, 6.45) is 1.52. The number of hydrogen-bond donors (Lipinski definition) is 1. The summed E-state index contributed by atoms with van der Waals surface area (Å²) < 4.78 is 15.5. The van der Waals surface area contributed by atoms with Gasteiger partial charge in [0.2, 0.25) is 0 Å². The Morgan fingerprint density at radius 1 is 1.23 bits per heavy atom. The topological polar surface area (TPSA) is 77.5 Å². The summed E-state index contributed by atoms with van der Waals surface area (Å²) in [7, 11) is 1.59. The summed E-state index contributed by atoms with van der Waals surface area (Å²) in [4.78, 5) is 12.5. The van der Waals surface area contributed by atoms with Gasteiger partial charge >= 0.3 is 0 Å². The first-order chi connectivity index (χ1) is 10.7. The number of amides is 1. The number of methoxy groups -OCH3 is 1. The van der Waals surface area contributed by atoms with Crippen LogP contribution in [0, 0.1) is 6.92 Å². The second-order valence-corrected chi connectivity index (χ2v) is 4.62. The highest BCUT2D eigenvalue weighted by Crippen LogP contribution is 2.26. The van der Waals surface area contributed by atoms with Crippen LogP contribution in [0.3, 0.4) is 0 Å². The minimum Gasteiger partial charge on any atom is -0.497 e. The summed E-state index contributed by atoms with van der Waals surface area (Å²) in [5.74, 6) is 1.32. The molecule has 112 valence electrons. The lowest BCUT2D eigenvalue weighted by Gasteiger charge is -2.06. The van der Waals surface area contributed by atoms with Crippen molar-refractivity contribution in [3.8, 4) is 17.2 Å². The van der Waals surface area contributed by atoms with E-state index >= 15 is 0 Å². The molecule has 22 heavy (non-hydrogen) atoms. The fourth-order valence-electron chi connectivity index (χ4n) is 2.09. The van der Waals surface area contributed by atoms with Gasteiger partial charge in [0, 0.05) is 5.69 Å². The SMILES string of the molecule is COc1ccc(NC(=O)c2c(-c3ccco3)noc2C)cc1. The van der Waals surface area contributed by atoms with Gasteiger partial charge < -0.3 is 19.0 Å². The Bertz CT molecular complexity index is 773. The molecule has 6 heteroatoms. The molecule has 2 heterocycles. The number of anilines is 1. The second kappa shape index (κ2) is 5.77. The Hall–Kier alpha value is -3.02. The zero-order chi connectivity index (χ0) is 15.5. The van der Waals surface area contributed by atoms with E-state index in [0.717, 1.165) is 5.75 Å². The molecule has 1 aromatic carbocycles. The van der Waals surface area contributed by atoms with Crippen LogP contribution in [0.2, 0.25) is 0 Å². The summed E-state index contributed by atoms with van der Waals surface area (Å²) in [5, 5.41) is 6.70. The highest BCUT2D eigenvalue weighted by Gasteiger charge is 2.23. The van der Waals surface area contributed by atoms with Crippen LogP contribution in [-0.4, -0.2) is 18.2 Å². The van der Waals surface area contributed by atoms with Gasteiger partial charge in [-0.1, -0.05) is 5.16 Å².